The van der Waals surface area contributed by atoms with Gasteiger partial charge < -0.3 is 18.9 Å². The van der Waals surface area contributed by atoms with Crippen LogP contribution in [-0.4, -0.2) is 53.3 Å². The predicted molar refractivity (Wildman–Crippen MR) is 104 cm³/mol. The third-order valence-electron chi connectivity index (χ3n) is 5.68. The molecule has 0 N–H and O–H groups in total. The van der Waals surface area contributed by atoms with Crippen molar-refractivity contribution in [1.29, 1.82) is 0 Å². The molecule has 7 nitrogen and oxygen atoms in total. The van der Waals surface area contributed by atoms with Crippen molar-refractivity contribution < 1.29 is 18.8 Å². The first-order chi connectivity index (χ1) is 13.6. The molecule has 0 radical (unpaired) electrons. The van der Waals surface area contributed by atoms with Crippen LogP contribution in [0.2, 0.25) is 0 Å². The van der Waals surface area contributed by atoms with Crippen LogP contribution in [0.15, 0.2) is 22.7 Å². The van der Waals surface area contributed by atoms with Crippen molar-refractivity contribution >= 4 is 5.91 Å². The van der Waals surface area contributed by atoms with E-state index in [1.165, 1.54) is 6.42 Å². The number of aromatic nitrogens is 1. The zero-order valence-electron chi connectivity index (χ0n) is 16.7. The predicted octanol–water partition coefficient (Wildman–Crippen LogP) is 3.15. The normalized spacial score (nSPS) is 18.6. The van der Waals surface area contributed by atoms with E-state index < -0.39 is 0 Å². The molecule has 0 aliphatic carbocycles. The number of aryl methyl sites for hydroxylation is 2. The third-order valence-corrected chi connectivity index (χ3v) is 5.68. The first-order valence-electron chi connectivity index (χ1n) is 9.91. The van der Waals surface area contributed by atoms with Crippen molar-refractivity contribution in [1.82, 2.24) is 15.0 Å². The average molecular weight is 385 g/mol. The highest BCUT2D eigenvalue weighted by Crippen LogP contribution is 2.33. The summed E-state index contributed by atoms with van der Waals surface area (Å²) in [6.45, 7) is 9.32. The van der Waals surface area contributed by atoms with E-state index in [0.717, 1.165) is 36.6 Å². The van der Waals surface area contributed by atoms with Gasteiger partial charge in [0, 0.05) is 19.1 Å². The number of likely N-dealkylation sites (N-methyl/N-ethyl adjacent to an activating group) is 1. The number of carbonyl (C=O) groups is 1. The van der Waals surface area contributed by atoms with Crippen molar-refractivity contribution in [2.45, 2.75) is 46.2 Å². The van der Waals surface area contributed by atoms with E-state index in [-0.39, 0.29) is 12.7 Å². The lowest BCUT2D eigenvalue weighted by Crippen LogP contribution is -2.43. The number of likely N-dealkylation sites (tertiary alicyclic amines) is 1. The number of fused-ring (bicyclic) bond motifs is 1. The van der Waals surface area contributed by atoms with Gasteiger partial charge in [0.1, 0.15) is 11.3 Å². The molecule has 2 aliphatic rings. The molecule has 1 amide bonds. The summed E-state index contributed by atoms with van der Waals surface area (Å²) < 4.78 is 16.1. The summed E-state index contributed by atoms with van der Waals surface area (Å²) in [5, 5.41) is 3.97. The van der Waals surface area contributed by atoms with Gasteiger partial charge in [-0.1, -0.05) is 18.1 Å². The van der Waals surface area contributed by atoms with E-state index in [9.17, 15) is 4.79 Å². The summed E-state index contributed by atoms with van der Waals surface area (Å²) in [5.74, 6) is 2.02. The smallest absolute Gasteiger partial charge is 0.259 e. The molecule has 3 heterocycles. The highest BCUT2D eigenvalue weighted by atomic mass is 16.7. The summed E-state index contributed by atoms with van der Waals surface area (Å²) in [6.07, 6.45) is 2.29. The van der Waals surface area contributed by atoms with Crippen LogP contribution >= 0.6 is 0 Å². The van der Waals surface area contributed by atoms with E-state index in [0.29, 0.717) is 36.1 Å². The maximum absolute atomic E-state index is 13.4. The van der Waals surface area contributed by atoms with Gasteiger partial charge in [-0.15, -0.1) is 0 Å². The monoisotopic (exact) mass is 385 g/mol. The van der Waals surface area contributed by atoms with E-state index >= 15 is 0 Å². The molecule has 4 rings (SSSR count). The highest BCUT2D eigenvalue weighted by molar-refractivity contribution is 5.96. The second-order valence-corrected chi connectivity index (χ2v) is 7.50. The molecule has 1 aromatic heterocycles. The van der Waals surface area contributed by atoms with Gasteiger partial charge in [-0.3, -0.25) is 9.69 Å². The van der Waals surface area contributed by atoms with Gasteiger partial charge in [0.25, 0.3) is 5.91 Å². The molecule has 1 saturated heterocycles. The Morgan fingerprint density at radius 1 is 1.29 bits per heavy atom. The Kier molecular flexibility index (Phi) is 5.26. The lowest BCUT2D eigenvalue weighted by molar-refractivity contribution is 0.0689. The molecule has 150 valence electrons. The number of nitrogens with zero attached hydrogens (tertiary/aromatic N) is 3. The van der Waals surface area contributed by atoms with Crippen LogP contribution in [0.4, 0.5) is 0 Å². The molecule has 0 spiro atoms. The fourth-order valence-corrected chi connectivity index (χ4v) is 4.20. The Morgan fingerprint density at radius 3 is 2.86 bits per heavy atom. The maximum atomic E-state index is 13.4. The summed E-state index contributed by atoms with van der Waals surface area (Å²) in [4.78, 5) is 17.8. The van der Waals surface area contributed by atoms with Gasteiger partial charge in [-0.05, 0) is 57.5 Å². The van der Waals surface area contributed by atoms with Gasteiger partial charge in [-0.25, -0.2) is 0 Å². The minimum atomic E-state index is -0.0307. The zero-order chi connectivity index (χ0) is 19.7. The quantitative estimate of drug-likeness (QED) is 0.761. The van der Waals surface area contributed by atoms with Crippen LogP contribution in [0.25, 0.3) is 0 Å². The average Bonchev–Trinajstić information content (AvgIpc) is 3.40. The number of hydrogen-bond donors (Lipinski definition) is 0. The Hall–Kier alpha value is -2.54. The van der Waals surface area contributed by atoms with Gasteiger partial charge in [0.05, 0.1) is 5.69 Å². The topological polar surface area (TPSA) is 68.0 Å². The SMILES string of the molecule is CCN1CCC[C@@H]1CN(Cc1ccc2c(c1)OCO2)C(=O)c1c(C)noc1C. The summed E-state index contributed by atoms with van der Waals surface area (Å²) in [5.41, 5.74) is 2.23. The van der Waals surface area contributed by atoms with E-state index in [1.807, 2.05) is 30.0 Å². The van der Waals surface area contributed by atoms with Gasteiger partial charge in [0.2, 0.25) is 6.79 Å². The molecule has 2 aliphatic heterocycles. The number of ether oxygens (including phenoxy) is 2. The molecule has 0 unspecified atom stereocenters. The zero-order valence-corrected chi connectivity index (χ0v) is 16.7. The number of carbonyl (C=O) groups excluding carboxylic acids is 1. The standard InChI is InChI=1S/C21H27N3O4/c1-4-23-9-5-6-17(23)12-24(21(25)20-14(2)22-28-15(20)3)11-16-7-8-18-19(10-16)27-13-26-18/h7-8,10,17H,4-6,9,11-13H2,1-3H3/t17-/m1/s1. The second kappa shape index (κ2) is 7.83. The summed E-state index contributed by atoms with van der Waals surface area (Å²) >= 11 is 0. The van der Waals surface area contributed by atoms with Crippen LogP contribution in [-0.2, 0) is 6.54 Å². The van der Waals surface area contributed by atoms with Crippen molar-refractivity contribution in [3.63, 3.8) is 0 Å². The summed E-state index contributed by atoms with van der Waals surface area (Å²) in [6, 6.07) is 6.24. The molecule has 2 aromatic rings. The number of hydrogen-bond acceptors (Lipinski definition) is 6. The Bertz CT molecular complexity index is 844. The molecule has 1 aromatic carbocycles. The Morgan fingerprint density at radius 2 is 2.11 bits per heavy atom. The van der Waals surface area contributed by atoms with Gasteiger partial charge >= 0.3 is 0 Å². The lowest BCUT2D eigenvalue weighted by Gasteiger charge is -2.30. The van der Waals surface area contributed by atoms with E-state index in [1.54, 1.807) is 6.92 Å². The van der Waals surface area contributed by atoms with Crippen LogP contribution in [0.3, 0.4) is 0 Å². The number of rotatable bonds is 6. The van der Waals surface area contributed by atoms with Crippen LogP contribution < -0.4 is 9.47 Å². The van der Waals surface area contributed by atoms with Gasteiger partial charge in [0.15, 0.2) is 11.5 Å². The summed E-state index contributed by atoms with van der Waals surface area (Å²) in [7, 11) is 0. The van der Waals surface area contributed by atoms with Crippen LogP contribution in [0, 0.1) is 13.8 Å². The van der Waals surface area contributed by atoms with Gasteiger partial charge in [-0.2, -0.15) is 0 Å². The minimum Gasteiger partial charge on any atom is -0.454 e. The molecule has 0 bridgehead atoms. The first kappa shape index (κ1) is 18.8. The van der Waals surface area contributed by atoms with Crippen molar-refractivity contribution in [2.75, 3.05) is 26.4 Å². The largest absolute Gasteiger partial charge is 0.454 e. The van der Waals surface area contributed by atoms with Crippen molar-refractivity contribution in [3.8, 4) is 11.5 Å². The molecule has 1 atom stereocenters. The fraction of sp³-hybridized carbons (Fsp3) is 0.524. The minimum absolute atomic E-state index is 0.0307. The molecule has 1 fully saturated rings. The molecular weight excluding hydrogens is 358 g/mol. The van der Waals surface area contributed by atoms with E-state index in [4.69, 9.17) is 14.0 Å². The molecular formula is C21H27N3O4. The molecule has 28 heavy (non-hydrogen) atoms. The number of benzene rings is 1. The van der Waals surface area contributed by atoms with Crippen molar-refractivity contribution in [2.24, 2.45) is 0 Å². The number of amides is 1. The second-order valence-electron chi connectivity index (χ2n) is 7.50. The fourth-order valence-electron chi connectivity index (χ4n) is 4.20. The van der Waals surface area contributed by atoms with Crippen molar-refractivity contribution in [3.05, 3.63) is 40.8 Å². The van der Waals surface area contributed by atoms with E-state index in [2.05, 4.69) is 17.0 Å². The Labute approximate surface area is 165 Å². The van der Waals surface area contributed by atoms with Crippen LogP contribution in [0.1, 0.15) is 47.1 Å². The lowest BCUT2D eigenvalue weighted by atomic mass is 10.1. The third kappa shape index (κ3) is 3.58. The maximum Gasteiger partial charge on any atom is 0.259 e. The van der Waals surface area contributed by atoms with Crippen LogP contribution in [0.5, 0.6) is 11.5 Å². The Balaban J connectivity index is 1.60. The first-order valence-corrected chi connectivity index (χ1v) is 9.91. The molecule has 7 heteroatoms. The highest BCUT2D eigenvalue weighted by Gasteiger charge is 2.30. The molecule has 0 saturated carbocycles.